The van der Waals surface area contributed by atoms with Crippen molar-refractivity contribution in [3.8, 4) is 0 Å². The fourth-order valence-corrected chi connectivity index (χ4v) is 0.901. The zero-order valence-electron chi connectivity index (χ0n) is 4.20. The largest absolute Gasteiger partial charge is 0.212 e. The Balaban J connectivity index is 2.65. The molecule has 0 aliphatic heterocycles. The monoisotopic (exact) mass is 223 g/mol. The van der Waals surface area contributed by atoms with E-state index in [4.69, 9.17) is 0 Å². The molecule has 0 nitrogen and oxygen atoms in total. The van der Waals surface area contributed by atoms with E-state index in [1.807, 2.05) is 6.42 Å². The van der Waals surface area contributed by atoms with Crippen molar-refractivity contribution in [2.45, 2.75) is 6.42 Å². The van der Waals surface area contributed by atoms with E-state index in [1.54, 1.807) is 6.08 Å². The maximum absolute atomic E-state index is 12.1. The van der Waals surface area contributed by atoms with Crippen LogP contribution in [0.4, 0.5) is 4.39 Å². The molecule has 0 atom stereocenters. The first-order valence-corrected chi connectivity index (χ1v) is 3.42. The van der Waals surface area contributed by atoms with E-state index < -0.39 is 0 Å². The molecule has 0 bridgehead atoms. The molecule has 0 saturated heterocycles. The molecule has 2 heteroatoms. The lowest BCUT2D eigenvalue weighted by Gasteiger charge is -2.00. The number of hydrogen-bond acceptors (Lipinski definition) is 0. The van der Waals surface area contributed by atoms with Crippen molar-refractivity contribution in [2.75, 3.05) is 0 Å². The van der Waals surface area contributed by atoms with Crippen LogP contribution in [0.25, 0.3) is 0 Å². The van der Waals surface area contributed by atoms with Crippen LogP contribution in [0.2, 0.25) is 0 Å². The summed E-state index contributed by atoms with van der Waals surface area (Å²) in [5.41, 5.74) is 0. The van der Waals surface area contributed by atoms with Gasteiger partial charge in [-0.1, -0.05) is 6.08 Å². The van der Waals surface area contributed by atoms with Crippen LogP contribution in [-0.2, 0) is 0 Å². The highest BCUT2D eigenvalue weighted by Crippen LogP contribution is 2.21. The first-order chi connectivity index (χ1) is 3.79. The lowest BCUT2D eigenvalue weighted by Crippen LogP contribution is -1.83. The summed E-state index contributed by atoms with van der Waals surface area (Å²) in [6.07, 6.45) is 5.59. The van der Waals surface area contributed by atoms with Gasteiger partial charge in [-0.25, -0.2) is 4.39 Å². The van der Waals surface area contributed by atoms with Gasteiger partial charge in [0.1, 0.15) is 5.83 Å². The van der Waals surface area contributed by atoms with Gasteiger partial charge in [0.05, 0.1) is 0 Å². The fourth-order valence-electron chi connectivity index (χ4n) is 0.501. The van der Waals surface area contributed by atoms with Gasteiger partial charge in [0.25, 0.3) is 0 Å². The predicted molar refractivity (Wildman–Crippen MR) is 40.2 cm³/mol. The summed E-state index contributed by atoms with van der Waals surface area (Å²) in [5, 5.41) is 0. The van der Waals surface area contributed by atoms with E-state index in [-0.39, 0.29) is 5.83 Å². The third-order valence-corrected chi connectivity index (χ3v) is 1.72. The van der Waals surface area contributed by atoms with Gasteiger partial charge in [-0.05, 0) is 32.2 Å². The zero-order chi connectivity index (χ0) is 5.98. The van der Waals surface area contributed by atoms with Crippen LogP contribution in [0, 0.1) is 6.42 Å². The van der Waals surface area contributed by atoms with E-state index in [0.717, 1.165) is 3.58 Å². The molecule has 0 spiro atoms. The first kappa shape index (κ1) is 6.26. The van der Waals surface area contributed by atoms with Crippen LogP contribution in [-0.4, -0.2) is 0 Å². The summed E-state index contributed by atoms with van der Waals surface area (Å²) in [6.45, 7) is 0. The Kier molecular flexibility index (Phi) is 2.05. The standard InChI is InChI=1S/C6H5FI/c7-5-1-3-6(8)4-2-5/h1,3-4H,2H2. The number of rotatable bonds is 0. The van der Waals surface area contributed by atoms with Crippen molar-refractivity contribution < 1.29 is 4.39 Å². The molecular weight excluding hydrogens is 218 g/mol. The van der Waals surface area contributed by atoms with Crippen LogP contribution in [0.15, 0.2) is 21.6 Å². The Hall–Kier alpha value is 0.140. The number of allylic oxidation sites excluding steroid dienone is 4. The summed E-state index contributed by atoms with van der Waals surface area (Å²) in [5.74, 6) is -0.0505. The summed E-state index contributed by atoms with van der Waals surface area (Å²) < 4.78 is 13.3. The molecule has 0 aromatic rings. The van der Waals surface area contributed by atoms with E-state index >= 15 is 0 Å². The van der Waals surface area contributed by atoms with Gasteiger partial charge in [-0.2, -0.15) is 0 Å². The van der Waals surface area contributed by atoms with Crippen molar-refractivity contribution in [3.05, 3.63) is 28.0 Å². The molecule has 0 heterocycles. The van der Waals surface area contributed by atoms with Crippen LogP contribution in [0.3, 0.4) is 0 Å². The highest BCUT2D eigenvalue weighted by atomic mass is 127. The molecule has 0 aromatic carbocycles. The topological polar surface area (TPSA) is 0 Å². The summed E-state index contributed by atoms with van der Waals surface area (Å²) >= 11 is 2.16. The molecule has 1 radical (unpaired) electrons. The molecular formula is C6H5FI. The van der Waals surface area contributed by atoms with Crippen LogP contribution < -0.4 is 0 Å². The van der Waals surface area contributed by atoms with Gasteiger partial charge in [0.15, 0.2) is 0 Å². The van der Waals surface area contributed by atoms with Gasteiger partial charge in [0, 0.05) is 12.8 Å². The smallest absolute Gasteiger partial charge is 0.101 e. The molecule has 1 rings (SSSR count). The molecule has 0 saturated carbocycles. The molecule has 8 heavy (non-hydrogen) atoms. The maximum atomic E-state index is 12.1. The molecule has 0 unspecified atom stereocenters. The summed E-state index contributed by atoms with van der Waals surface area (Å²) in [7, 11) is 0. The second-order valence-corrected chi connectivity index (χ2v) is 2.82. The summed E-state index contributed by atoms with van der Waals surface area (Å²) in [6, 6.07) is 0. The van der Waals surface area contributed by atoms with Gasteiger partial charge >= 0.3 is 0 Å². The predicted octanol–water partition coefficient (Wildman–Crippen LogP) is 2.77. The van der Waals surface area contributed by atoms with Crippen molar-refractivity contribution in [3.63, 3.8) is 0 Å². The van der Waals surface area contributed by atoms with Crippen molar-refractivity contribution >= 4 is 22.6 Å². The fraction of sp³-hybridized carbons (Fsp3) is 0.167. The Morgan fingerprint density at radius 1 is 1.50 bits per heavy atom. The minimum Gasteiger partial charge on any atom is -0.212 e. The molecule has 0 fully saturated rings. The van der Waals surface area contributed by atoms with Crippen molar-refractivity contribution in [1.82, 2.24) is 0 Å². The van der Waals surface area contributed by atoms with E-state index in [0.29, 0.717) is 6.42 Å². The second-order valence-electron chi connectivity index (χ2n) is 1.57. The minimum atomic E-state index is -0.0505. The van der Waals surface area contributed by atoms with Gasteiger partial charge in [-0.3, -0.25) is 0 Å². The molecule has 0 N–H and O–H groups in total. The van der Waals surface area contributed by atoms with Crippen molar-refractivity contribution in [1.29, 1.82) is 0 Å². The van der Waals surface area contributed by atoms with E-state index in [1.165, 1.54) is 6.08 Å². The first-order valence-electron chi connectivity index (χ1n) is 2.34. The quantitative estimate of drug-likeness (QED) is 0.554. The summed E-state index contributed by atoms with van der Waals surface area (Å²) in [4.78, 5) is 0. The highest BCUT2D eigenvalue weighted by molar-refractivity contribution is 14.1. The Morgan fingerprint density at radius 2 is 2.25 bits per heavy atom. The van der Waals surface area contributed by atoms with E-state index in [9.17, 15) is 4.39 Å². The second kappa shape index (κ2) is 2.62. The third kappa shape index (κ3) is 1.58. The number of halogens is 2. The van der Waals surface area contributed by atoms with Gasteiger partial charge < -0.3 is 0 Å². The van der Waals surface area contributed by atoms with Crippen LogP contribution in [0.5, 0.6) is 0 Å². The van der Waals surface area contributed by atoms with Crippen molar-refractivity contribution in [2.24, 2.45) is 0 Å². The minimum absolute atomic E-state index is 0.0505. The maximum Gasteiger partial charge on any atom is 0.101 e. The lowest BCUT2D eigenvalue weighted by molar-refractivity contribution is 0.609. The molecule has 43 valence electrons. The van der Waals surface area contributed by atoms with Crippen LogP contribution >= 0.6 is 22.6 Å². The zero-order valence-corrected chi connectivity index (χ0v) is 6.35. The highest BCUT2D eigenvalue weighted by Gasteiger charge is 2.01. The van der Waals surface area contributed by atoms with E-state index in [2.05, 4.69) is 22.6 Å². The molecule has 0 amide bonds. The molecule has 1 aliphatic carbocycles. The Morgan fingerprint density at radius 3 is 2.62 bits per heavy atom. The average molecular weight is 223 g/mol. The number of hydrogen-bond donors (Lipinski definition) is 0. The molecule has 0 aromatic heterocycles. The Bertz CT molecular complexity index is 129. The SMILES string of the molecule is FC1=CC=C(I)[CH]C1. The average Bonchev–Trinajstić information content (AvgIpc) is 1.77. The van der Waals surface area contributed by atoms with Crippen LogP contribution in [0.1, 0.15) is 6.42 Å². The van der Waals surface area contributed by atoms with Gasteiger partial charge in [0.2, 0.25) is 0 Å². The Labute approximate surface area is 61.6 Å². The lowest BCUT2D eigenvalue weighted by atomic mass is 10.2. The third-order valence-electron chi connectivity index (χ3n) is 0.915. The molecule has 1 aliphatic rings. The normalized spacial score (nSPS) is 19.8. The van der Waals surface area contributed by atoms with Gasteiger partial charge in [-0.15, -0.1) is 0 Å².